The zero-order valence-electron chi connectivity index (χ0n) is 29.6. The zero-order chi connectivity index (χ0) is 35.6. The number of nitrogens with one attached hydrogen (secondary N) is 1. The van der Waals surface area contributed by atoms with Gasteiger partial charge >= 0.3 is 5.97 Å². The molecule has 9 nitrogen and oxygen atoms in total. The Balaban J connectivity index is 1.13. The van der Waals surface area contributed by atoms with Gasteiger partial charge in [-0.05, 0) is 68.7 Å². The van der Waals surface area contributed by atoms with Gasteiger partial charge in [0.15, 0.2) is 5.78 Å². The first-order chi connectivity index (χ1) is 24.9. The average Bonchev–Trinajstić information content (AvgIpc) is 3.52. The lowest BCUT2D eigenvalue weighted by Crippen LogP contribution is -2.46. The Kier molecular flexibility index (Phi) is 11.9. The number of aromatic nitrogens is 1. The minimum atomic E-state index is -0.826. The highest BCUT2D eigenvalue weighted by atomic mass is 16.5. The second-order valence-corrected chi connectivity index (χ2v) is 13.1. The summed E-state index contributed by atoms with van der Waals surface area (Å²) in [6.45, 7) is 11.2. The van der Waals surface area contributed by atoms with Gasteiger partial charge in [0, 0.05) is 80.5 Å². The molecular formula is C42H48N4O5. The molecule has 0 bridgehead atoms. The number of carboxylic acids is 1. The van der Waals surface area contributed by atoms with Crippen molar-refractivity contribution in [3.63, 3.8) is 0 Å². The Bertz CT molecular complexity index is 1930. The van der Waals surface area contributed by atoms with E-state index in [1.807, 2.05) is 72.3 Å². The van der Waals surface area contributed by atoms with E-state index in [2.05, 4.69) is 58.4 Å². The monoisotopic (exact) mass is 688 g/mol. The number of aryl methyl sites for hydroxylation is 2. The second-order valence-electron chi connectivity index (χ2n) is 13.1. The molecule has 1 fully saturated rings. The molecule has 2 N–H and O–H groups in total. The molecule has 1 aromatic heterocycles. The highest BCUT2D eigenvalue weighted by molar-refractivity contribution is 6.16. The van der Waals surface area contributed by atoms with Crippen LogP contribution in [0.4, 0.5) is 11.4 Å². The zero-order valence-corrected chi connectivity index (χ0v) is 29.6. The Morgan fingerprint density at radius 3 is 2.37 bits per heavy atom. The number of benzene rings is 4. The fourth-order valence-corrected chi connectivity index (χ4v) is 6.68. The van der Waals surface area contributed by atoms with E-state index in [1.54, 1.807) is 0 Å². The number of para-hydroxylation sites is 3. The van der Waals surface area contributed by atoms with Gasteiger partial charge < -0.3 is 29.4 Å². The lowest BCUT2D eigenvalue weighted by molar-refractivity contribution is -0.137. The van der Waals surface area contributed by atoms with Crippen LogP contribution in [-0.4, -0.2) is 72.3 Å². The van der Waals surface area contributed by atoms with E-state index in [0.29, 0.717) is 49.6 Å². The van der Waals surface area contributed by atoms with Gasteiger partial charge in [0.2, 0.25) is 0 Å². The molecule has 0 amide bonds. The van der Waals surface area contributed by atoms with Crippen LogP contribution in [0.5, 0.6) is 11.5 Å². The normalized spacial score (nSPS) is 13.3. The van der Waals surface area contributed by atoms with E-state index in [0.717, 1.165) is 72.7 Å². The number of fused-ring (bicyclic) bond motifs is 1. The quantitative estimate of drug-likeness (QED) is 0.0760. The van der Waals surface area contributed by atoms with Crippen molar-refractivity contribution in [3.8, 4) is 11.5 Å². The minimum absolute atomic E-state index is 0.0761. The second kappa shape index (κ2) is 17.1. The molecule has 1 aliphatic heterocycles. The molecule has 4 aromatic carbocycles. The van der Waals surface area contributed by atoms with Gasteiger partial charge in [0.1, 0.15) is 11.5 Å². The van der Waals surface area contributed by atoms with Crippen molar-refractivity contribution >= 4 is 34.0 Å². The molecule has 0 atom stereocenters. The van der Waals surface area contributed by atoms with Crippen LogP contribution in [0.3, 0.4) is 0 Å². The summed E-state index contributed by atoms with van der Waals surface area (Å²) >= 11 is 0. The van der Waals surface area contributed by atoms with Crippen LogP contribution in [0.2, 0.25) is 0 Å². The van der Waals surface area contributed by atoms with Crippen LogP contribution >= 0.6 is 0 Å². The maximum absolute atomic E-state index is 14.1. The standard InChI is InChI=1S/C42H48N4O5/c1-3-50-39-13-7-6-12-38(39)45-25-23-44(24-26-45)21-9-27-51-40-28-33(19-20-36(40)43-29-32-17-15-31(2)16-18-32)42(49)35-30-46(22-8-14-41(47)48)37-11-5-4-10-34(35)37/h4-7,10-13,15-20,28,30,43H,3,8-9,14,21-27,29H2,1-2H3,(H,47,48). The summed E-state index contributed by atoms with van der Waals surface area (Å²) in [5, 5.41) is 13.5. The highest BCUT2D eigenvalue weighted by Gasteiger charge is 2.21. The van der Waals surface area contributed by atoms with Crippen molar-refractivity contribution in [2.75, 3.05) is 56.2 Å². The summed E-state index contributed by atoms with van der Waals surface area (Å²) in [6.07, 6.45) is 3.27. The number of nitrogens with zero attached hydrogens (tertiary/aromatic N) is 3. The first-order valence-electron chi connectivity index (χ1n) is 18.0. The fourth-order valence-electron chi connectivity index (χ4n) is 6.68. The van der Waals surface area contributed by atoms with Crippen LogP contribution in [0.25, 0.3) is 10.9 Å². The Hall–Kier alpha value is -5.28. The lowest BCUT2D eigenvalue weighted by atomic mass is 10.0. The van der Waals surface area contributed by atoms with Gasteiger partial charge in [-0.3, -0.25) is 14.5 Å². The topological polar surface area (TPSA) is 96.3 Å². The van der Waals surface area contributed by atoms with E-state index in [4.69, 9.17) is 14.6 Å². The molecule has 9 heteroatoms. The van der Waals surface area contributed by atoms with Crippen molar-refractivity contribution in [2.45, 2.75) is 46.2 Å². The number of hydrogen-bond donors (Lipinski definition) is 2. The molecule has 0 unspecified atom stereocenters. The highest BCUT2D eigenvalue weighted by Crippen LogP contribution is 2.31. The van der Waals surface area contributed by atoms with E-state index in [1.165, 1.54) is 5.56 Å². The van der Waals surface area contributed by atoms with Crippen molar-refractivity contribution in [1.82, 2.24) is 9.47 Å². The van der Waals surface area contributed by atoms with Crippen molar-refractivity contribution in [2.24, 2.45) is 0 Å². The van der Waals surface area contributed by atoms with E-state index in [-0.39, 0.29) is 12.2 Å². The number of hydrogen-bond acceptors (Lipinski definition) is 7. The number of ketones is 1. The summed E-state index contributed by atoms with van der Waals surface area (Å²) in [5.74, 6) is 0.668. The molecule has 266 valence electrons. The summed E-state index contributed by atoms with van der Waals surface area (Å²) in [5.41, 5.74) is 6.42. The van der Waals surface area contributed by atoms with E-state index >= 15 is 0 Å². The molecule has 2 heterocycles. The van der Waals surface area contributed by atoms with Gasteiger partial charge in [0.05, 0.1) is 24.6 Å². The third-order valence-electron chi connectivity index (χ3n) is 9.42. The van der Waals surface area contributed by atoms with Crippen LogP contribution in [0.15, 0.2) is 97.2 Å². The van der Waals surface area contributed by atoms with Gasteiger partial charge in [-0.25, -0.2) is 0 Å². The smallest absolute Gasteiger partial charge is 0.303 e. The largest absolute Gasteiger partial charge is 0.492 e. The third-order valence-corrected chi connectivity index (χ3v) is 9.42. The number of carbonyl (C=O) groups is 2. The van der Waals surface area contributed by atoms with Crippen LogP contribution in [0.1, 0.15) is 53.2 Å². The van der Waals surface area contributed by atoms with Gasteiger partial charge in [-0.2, -0.15) is 0 Å². The molecule has 0 spiro atoms. The van der Waals surface area contributed by atoms with Crippen molar-refractivity contribution in [3.05, 3.63) is 119 Å². The Morgan fingerprint density at radius 2 is 1.59 bits per heavy atom. The minimum Gasteiger partial charge on any atom is -0.492 e. The molecule has 51 heavy (non-hydrogen) atoms. The van der Waals surface area contributed by atoms with Crippen molar-refractivity contribution in [1.29, 1.82) is 0 Å². The molecule has 0 aliphatic carbocycles. The number of carboxylic acid groups (broad SMARTS) is 1. The summed E-state index contributed by atoms with van der Waals surface area (Å²) in [4.78, 5) is 30.1. The van der Waals surface area contributed by atoms with Crippen LogP contribution < -0.4 is 19.7 Å². The maximum Gasteiger partial charge on any atom is 0.303 e. The predicted octanol–water partition coefficient (Wildman–Crippen LogP) is 7.65. The Morgan fingerprint density at radius 1 is 0.824 bits per heavy atom. The van der Waals surface area contributed by atoms with Crippen LogP contribution in [0, 0.1) is 6.92 Å². The molecule has 0 radical (unpaired) electrons. The maximum atomic E-state index is 14.1. The van der Waals surface area contributed by atoms with Crippen LogP contribution in [-0.2, 0) is 17.9 Å². The third kappa shape index (κ3) is 9.10. The predicted molar refractivity (Wildman–Crippen MR) is 204 cm³/mol. The Labute approximate surface area is 300 Å². The lowest BCUT2D eigenvalue weighted by Gasteiger charge is -2.36. The molecule has 6 rings (SSSR count). The first kappa shape index (κ1) is 35.5. The average molecular weight is 689 g/mol. The molecule has 1 saturated heterocycles. The van der Waals surface area contributed by atoms with E-state index in [9.17, 15) is 9.59 Å². The fraction of sp³-hybridized carbons (Fsp3) is 0.333. The number of ether oxygens (including phenoxy) is 2. The summed E-state index contributed by atoms with van der Waals surface area (Å²) < 4.78 is 14.3. The number of carbonyl (C=O) groups excluding carboxylic acids is 1. The van der Waals surface area contributed by atoms with Gasteiger partial charge in [-0.1, -0.05) is 60.2 Å². The molecule has 1 aliphatic rings. The molecular weight excluding hydrogens is 640 g/mol. The number of aliphatic carboxylic acids is 1. The number of anilines is 2. The van der Waals surface area contributed by atoms with Gasteiger partial charge in [0.25, 0.3) is 0 Å². The van der Waals surface area contributed by atoms with Gasteiger partial charge in [-0.15, -0.1) is 0 Å². The summed E-state index contributed by atoms with van der Waals surface area (Å²) in [7, 11) is 0. The van der Waals surface area contributed by atoms with Crippen molar-refractivity contribution < 1.29 is 24.2 Å². The summed E-state index contributed by atoms with van der Waals surface area (Å²) in [6, 6.07) is 30.1. The molecule has 5 aromatic rings. The molecule has 0 saturated carbocycles. The number of piperazine rings is 1. The number of rotatable bonds is 17. The van der Waals surface area contributed by atoms with E-state index < -0.39 is 5.97 Å². The first-order valence-corrected chi connectivity index (χ1v) is 18.0. The SMILES string of the molecule is CCOc1ccccc1N1CCN(CCCOc2cc(C(=O)c3cn(CCCC(=O)O)c4ccccc34)ccc2NCc2ccc(C)cc2)CC1.